The summed E-state index contributed by atoms with van der Waals surface area (Å²) in [6.07, 6.45) is -0.362. The highest BCUT2D eigenvalue weighted by Crippen LogP contribution is 2.32. The molecule has 0 aliphatic rings. The minimum atomic E-state index is -1.09. The fraction of sp³-hybridized carbons (Fsp3) is 0.222. The Morgan fingerprint density at radius 2 is 2.00 bits per heavy atom. The lowest BCUT2D eigenvalue weighted by molar-refractivity contribution is -0.137. The molecular formula is C18H18ClFN2O2. The second kappa shape index (κ2) is 7.91. The van der Waals surface area contributed by atoms with Crippen LogP contribution >= 0.6 is 12.4 Å². The van der Waals surface area contributed by atoms with Gasteiger partial charge in [0.1, 0.15) is 5.82 Å². The molecule has 0 aliphatic heterocycles. The van der Waals surface area contributed by atoms with E-state index < -0.39 is 17.8 Å². The number of aliphatic carboxylic acids is 1. The average Bonchev–Trinajstić information content (AvgIpc) is 2.48. The van der Waals surface area contributed by atoms with Crippen LogP contribution in [0.1, 0.15) is 34.7 Å². The van der Waals surface area contributed by atoms with Crippen LogP contribution in [0.25, 0.3) is 11.1 Å². The number of halogens is 2. The molecule has 4 nitrogen and oxygen atoms in total. The van der Waals surface area contributed by atoms with Gasteiger partial charge in [-0.05, 0) is 48.7 Å². The number of hydrogen-bond donors (Lipinski definition) is 2. The first-order chi connectivity index (χ1) is 10.8. The van der Waals surface area contributed by atoms with Gasteiger partial charge in [0.25, 0.3) is 0 Å². The molecule has 0 radical (unpaired) electrons. The summed E-state index contributed by atoms with van der Waals surface area (Å²) < 4.78 is 14.3. The molecule has 0 bridgehead atoms. The van der Waals surface area contributed by atoms with Crippen molar-refractivity contribution >= 4 is 18.4 Å². The van der Waals surface area contributed by atoms with Crippen molar-refractivity contribution in [1.29, 1.82) is 5.26 Å². The number of nitrogens with two attached hydrogens (primary N) is 1. The number of aryl methyl sites for hydroxylation is 2. The van der Waals surface area contributed by atoms with E-state index in [1.165, 1.54) is 0 Å². The average molecular weight is 349 g/mol. The van der Waals surface area contributed by atoms with Crippen LogP contribution in [-0.4, -0.2) is 11.1 Å². The molecule has 3 N–H and O–H groups in total. The van der Waals surface area contributed by atoms with Gasteiger partial charge in [0.15, 0.2) is 0 Å². The maximum atomic E-state index is 14.3. The molecule has 0 spiro atoms. The van der Waals surface area contributed by atoms with Gasteiger partial charge in [-0.25, -0.2) is 4.39 Å². The number of carbonyl (C=O) groups is 1. The van der Waals surface area contributed by atoms with Crippen molar-refractivity contribution in [3.05, 3.63) is 58.4 Å². The first-order valence-corrected chi connectivity index (χ1v) is 7.12. The van der Waals surface area contributed by atoms with Crippen LogP contribution in [-0.2, 0) is 4.79 Å². The maximum Gasteiger partial charge on any atom is 0.305 e. The Morgan fingerprint density at radius 1 is 1.33 bits per heavy atom. The highest BCUT2D eigenvalue weighted by atomic mass is 35.5. The molecule has 2 aromatic rings. The van der Waals surface area contributed by atoms with Crippen molar-refractivity contribution in [2.45, 2.75) is 26.3 Å². The molecule has 0 aromatic heterocycles. The van der Waals surface area contributed by atoms with E-state index in [1.807, 2.05) is 13.0 Å². The molecule has 126 valence electrons. The molecule has 1 atom stereocenters. The molecular weight excluding hydrogens is 331 g/mol. The molecule has 2 rings (SSSR count). The van der Waals surface area contributed by atoms with E-state index in [-0.39, 0.29) is 24.4 Å². The zero-order chi connectivity index (χ0) is 17.1. The lowest BCUT2D eigenvalue weighted by Crippen LogP contribution is -2.17. The Hall–Kier alpha value is -2.42. The molecule has 2 aromatic carbocycles. The van der Waals surface area contributed by atoms with Crippen LogP contribution in [0.2, 0.25) is 0 Å². The molecule has 24 heavy (non-hydrogen) atoms. The summed E-state index contributed by atoms with van der Waals surface area (Å²) in [6, 6.07) is 9.72. The van der Waals surface area contributed by atoms with Crippen molar-refractivity contribution in [2.75, 3.05) is 0 Å². The molecule has 1 unspecified atom stereocenters. The highest BCUT2D eigenvalue weighted by Gasteiger charge is 2.19. The summed E-state index contributed by atoms with van der Waals surface area (Å²) in [4.78, 5) is 10.8. The normalized spacial score (nSPS) is 11.3. The third kappa shape index (κ3) is 3.91. The van der Waals surface area contributed by atoms with Gasteiger partial charge in [0.05, 0.1) is 18.1 Å². The third-order valence-corrected chi connectivity index (χ3v) is 3.76. The number of carboxylic acids is 1. The topological polar surface area (TPSA) is 87.1 Å². The van der Waals surface area contributed by atoms with Gasteiger partial charge in [-0.15, -0.1) is 12.4 Å². The molecule has 0 aliphatic carbocycles. The Bertz CT molecular complexity index is 815. The molecule has 0 amide bonds. The van der Waals surface area contributed by atoms with E-state index in [0.29, 0.717) is 22.3 Å². The van der Waals surface area contributed by atoms with Crippen molar-refractivity contribution in [2.24, 2.45) is 5.73 Å². The Morgan fingerprint density at radius 3 is 2.58 bits per heavy atom. The van der Waals surface area contributed by atoms with Crippen LogP contribution in [0.15, 0.2) is 30.3 Å². The van der Waals surface area contributed by atoms with Gasteiger partial charge in [-0.3, -0.25) is 4.79 Å². The smallest absolute Gasteiger partial charge is 0.305 e. The Kier molecular flexibility index (Phi) is 6.47. The van der Waals surface area contributed by atoms with E-state index in [0.717, 1.165) is 5.56 Å². The zero-order valence-electron chi connectivity index (χ0n) is 13.3. The van der Waals surface area contributed by atoms with E-state index >= 15 is 0 Å². The summed E-state index contributed by atoms with van der Waals surface area (Å²) in [5.41, 5.74) is 9.08. The van der Waals surface area contributed by atoms with Crippen molar-refractivity contribution < 1.29 is 14.3 Å². The maximum absolute atomic E-state index is 14.3. The van der Waals surface area contributed by atoms with Gasteiger partial charge in [0.2, 0.25) is 0 Å². The summed E-state index contributed by atoms with van der Waals surface area (Å²) in [5, 5.41) is 18.2. The molecule has 0 heterocycles. The number of hydrogen-bond acceptors (Lipinski definition) is 3. The number of nitrogens with zero attached hydrogens (tertiary/aromatic N) is 1. The predicted molar refractivity (Wildman–Crippen MR) is 92.5 cm³/mol. The van der Waals surface area contributed by atoms with Gasteiger partial charge in [0, 0.05) is 17.2 Å². The minimum Gasteiger partial charge on any atom is -0.481 e. The number of carboxylic acid groups (broad SMARTS) is 1. The number of nitriles is 1. The van der Waals surface area contributed by atoms with Crippen LogP contribution in [0.5, 0.6) is 0 Å². The third-order valence-electron chi connectivity index (χ3n) is 3.76. The largest absolute Gasteiger partial charge is 0.481 e. The van der Waals surface area contributed by atoms with E-state index in [9.17, 15) is 14.4 Å². The SMILES string of the molecule is Cc1cc(-c2c(C)cccc2C#N)cc(C(N)CC(=O)O)c1F.Cl. The van der Waals surface area contributed by atoms with E-state index in [4.69, 9.17) is 10.8 Å². The van der Waals surface area contributed by atoms with Gasteiger partial charge < -0.3 is 10.8 Å². The lowest BCUT2D eigenvalue weighted by Gasteiger charge is -2.16. The fourth-order valence-corrected chi connectivity index (χ4v) is 2.65. The van der Waals surface area contributed by atoms with E-state index in [2.05, 4.69) is 6.07 Å². The Labute approximate surface area is 146 Å². The summed E-state index contributed by atoms with van der Waals surface area (Å²) >= 11 is 0. The molecule has 6 heteroatoms. The van der Waals surface area contributed by atoms with Gasteiger partial charge >= 0.3 is 5.97 Å². The number of rotatable bonds is 4. The zero-order valence-corrected chi connectivity index (χ0v) is 14.2. The predicted octanol–water partition coefficient (Wildman–Crippen LogP) is 3.88. The number of benzene rings is 2. The van der Waals surface area contributed by atoms with Crippen molar-refractivity contribution in [3.8, 4) is 17.2 Å². The minimum absolute atomic E-state index is 0. The fourth-order valence-electron chi connectivity index (χ4n) is 2.65. The molecule has 0 fully saturated rings. The first kappa shape index (κ1) is 19.6. The lowest BCUT2D eigenvalue weighted by atomic mass is 9.91. The second-order valence-electron chi connectivity index (χ2n) is 5.51. The summed E-state index contributed by atoms with van der Waals surface area (Å²) in [7, 11) is 0. The van der Waals surface area contributed by atoms with Crippen LogP contribution in [0.3, 0.4) is 0 Å². The van der Waals surface area contributed by atoms with Gasteiger partial charge in [-0.1, -0.05) is 12.1 Å². The monoisotopic (exact) mass is 348 g/mol. The van der Waals surface area contributed by atoms with Crippen LogP contribution in [0.4, 0.5) is 4.39 Å². The van der Waals surface area contributed by atoms with Crippen molar-refractivity contribution in [3.63, 3.8) is 0 Å². The first-order valence-electron chi connectivity index (χ1n) is 7.12. The summed E-state index contributed by atoms with van der Waals surface area (Å²) in [5.74, 6) is -1.59. The van der Waals surface area contributed by atoms with Crippen molar-refractivity contribution in [1.82, 2.24) is 0 Å². The summed E-state index contributed by atoms with van der Waals surface area (Å²) in [6.45, 7) is 3.46. The Balaban J connectivity index is 0.00000288. The van der Waals surface area contributed by atoms with Gasteiger partial charge in [-0.2, -0.15) is 5.26 Å². The molecule has 0 saturated carbocycles. The molecule has 0 saturated heterocycles. The van der Waals surface area contributed by atoms with E-state index in [1.54, 1.807) is 31.2 Å². The van der Waals surface area contributed by atoms with Crippen LogP contribution in [0, 0.1) is 31.0 Å². The van der Waals surface area contributed by atoms with Crippen LogP contribution < -0.4 is 5.73 Å². The highest BCUT2D eigenvalue weighted by molar-refractivity contribution is 5.85. The second-order valence-corrected chi connectivity index (χ2v) is 5.51. The standard InChI is InChI=1S/C18H17FN2O2.ClH/c1-10-4-3-5-12(9-20)17(10)13-6-11(2)18(19)14(7-13)15(21)8-16(22)23;/h3-7,15H,8,21H2,1-2H3,(H,22,23);1H. The quantitative estimate of drug-likeness (QED) is 0.877.